The average Bonchev–Trinajstić information content (AvgIpc) is 3.06. The molecule has 0 saturated carbocycles. The molecule has 0 aliphatic carbocycles. The van der Waals surface area contributed by atoms with Gasteiger partial charge in [0.2, 0.25) is 0 Å². The van der Waals surface area contributed by atoms with Crippen LogP contribution in [0.1, 0.15) is 0 Å². The summed E-state index contributed by atoms with van der Waals surface area (Å²) in [5.41, 5.74) is 4.33. The van der Waals surface area contributed by atoms with Gasteiger partial charge in [0.15, 0.2) is 0 Å². The Morgan fingerprint density at radius 2 is 1.60 bits per heavy atom. The summed E-state index contributed by atoms with van der Waals surface area (Å²) in [5, 5.41) is 0. The number of fused-ring (bicyclic) bond motifs is 1. The van der Waals surface area contributed by atoms with E-state index in [9.17, 15) is 0 Å². The second-order valence-electron chi connectivity index (χ2n) is 6.12. The summed E-state index contributed by atoms with van der Waals surface area (Å²) in [5.74, 6) is 0.905. The Morgan fingerprint density at radius 1 is 0.840 bits per heavy atom. The molecule has 25 heavy (non-hydrogen) atoms. The molecule has 124 valence electrons. The number of hydrogen-bond acceptors (Lipinski definition) is 3. The summed E-state index contributed by atoms with van der Waals surface area (Å²) < 4.78 is 0. The first-order valence-electron chi connectivity index (χ1n) is 8.19. The van der Waals surface area contributed by atoms with Crippen LogP contribution in [0.5, 0.6) is 0 Å². The Kier molecular flexibility index (Phi) is 4.20. The third-order valence-electron chi connectivity index (χ3n) is 4.09. The van der Waals surface area contributed by atoms with Crippen LogP contribution < -0.4 is 4.90 Å². The maximum absolute atomic E-state index is 4.73. The monoisotopic (exact) mass is 345 g/mol. The number of nitrogens with zero attached hydrogens (tertiary/aromatic N) is 2. The van der Waals surface area contributed by atoms with Gasteiger partial charge in [0.05, 0.1) is 11.0 Å². The van der Waals surface area contributed by atoms with Crippen LogP contribution in [-0.4, -0.2) is 24.1 Å². The maximum atomic E-state index is 4.73. The van der Waals surface area contributed by atoms with E-state index in [0.29, 0.717) is 0 Å². The van der Waals surface area contributed by atoms with Crippen LogP contribution >= 0.6 is 11.8 Å². The average molecular weight is 345 g/mol. The van der Waals surface area contributed by atoms with Crippen molar-refractivity contribution in [3.63, 3.8) is 0 Å². The van der Waals surface area contributed by atoms with E-state index in [-0.39, 0.29) is 0 Å². The third kappa shape index (κ3) is 3.39. The van der Waals surface area contributed by atoms with Crippen molar-refractivity contribution in [3.8, 4) is 11.4 Å². The van der Waals surface area contributed by atoms with E-state index in [1.165, 1.54) is 15.5 Å². The van der Waals surface area contributed by atoms with Crippen LogP contribution in [0.4, 0.5) is 5.69 Å². The molecule has 3 aromatic carbocycles. The Morgan fingerprint density at radius 3 is 2.32 bits per heavy atom. The fourth-order valence-corrected chi connectivity index (χ4v) is 3.61. The number of aromatic amines is 1. The zero-order valence-electron chi connectivity index (χ0n) is 14.2. The van der Waals surface area contributed by atoms with Gasteiger partial charge in [-0.1, -0.05) is 30.0 Å². The largest absolute Gasteiger partial charge is 0.378 e. The second-order valence-corrected chi connectivity index (χ2v) is 7.27. The van der Waals surface area contributed by atoms with Crippen molar-refractivity contribution in [2.45, 2.75) is 9.79 Å². The molecule has 4 heteroatoms. The maximum Gasteiger partial charge on any atom is 0.138 e. The quantitative estimate of drug-likeness (QED) is 0.534. The highest BCUT2D eigenvalue weighted by Gasteiger charge is 2.07. The number of nitrogens with one attached hydrogen (secondary N) is 1. The number of anilines is 1. The molecule has 0 bridgehead atoms. The van der Waals surface area contributed by atoms with E-state index in [0.717, 1.165) is 22.4 Å². The topological polar surface area (TPSA) is 31.9 Å². The van der Waals surface area contributed by atoms with Crippen LogP contribution in [0.15, 0.2) is 82.6 Å². The zero-order chi connectivity index (χ0) is 17.2. The Hall–Kier alpha value is -2.72. The predicted octanol–water partition coefficient (Wildman–Crippen LogP) is 5.45. The molecule has 1 heterocycles. The molecule has 0 fully saturated rings. The minimum Gasteiger partial charge on any atom is -0.378 e. The summed E-state index contributed by atoms with van der Waals surface area (Å²) >= 11 is 1.76. The van der Waals surface area contributed by atoms with Crippen LogP contribution in [0.25, 0.3) is 22.4 Å². The molecule has 0 aliphatic rings. The highest BCUT2D eigenvalue weighted by atomic mass is 32.2. The van der Waals surface area contributed by atoms with Gasteiger partial charge in [-0.3, -0.25) is 0 Å². The molecule has 3 nitrogen and oxygen atoms in total. The minimum atomic E-state index is 0.905. The van der Waals surface area contributed by atoms with Crippen molar-refractivity contribution >= 4 is 28.5 Å². The van der Waals surface area contributed by atoms with Crippen molar-refractivity contribution in [2.24, 2.45) is 0 Å². The van der Waals surface area contributed by atoms with E-state index in [1.807, 2.05) is 20.2 Å². The molecular formula is C21H19N3S. The number of imidazole rings is 1. The Balaban J connectivity index is 1.64. The number of benzene rings is 3. The lowest BCUT2D eigenvalue weighted by molar-refractivity contribution is 1.13. The van der Waals surface area contributed by atoms with E-state index in [2.05, 4.69) is 76.6 Å². The number of rotatable bonds is 4. The van der Waals surface area contributed by atoms with E-state index in [4.69, 9.17) is 4.98 Å². The lowest BCUT2D eigenvalue weighted by Gasteiger charge is -2.11. The van der Waals surface area contributed by atoms with Crippen molar-refractivity contribution < 1.29 is 0 Å². The van der Waals surface area contributed by atoms with Crippen molar-refractivity contribution in [1.29, 1.82) is 0 Å². The first-order chi connectivity index (χ1) is 12.2. The summed E-state index contributed by atoms with van der Waals surface area (Å²) in [6, 6.07) is 25.2. The summed E-state index contributed by atoms with van der Waals surface area (Å²) in [4.78, 5) is 12.7. The van der Waals surface area contributed by atoms with E-state index in [1.54, 1.807) is 11.8 Å². The van der Waals surface area contributed by atoms with Gasteiger partial charge in [0.25, 0.3) is 0 Å². The van der Waals surface area contributed by atoms with E-state index < -0.39 is 0 Å². The molecule has 4 rings (SSSR count). The van der Waals surface area contributed by atoms with Gasteiger partial charge >= 0.3 is 0 Å². The number of aromatic nitrogens is 2. The Bertz CT molecular complexity index is 989. The number of H-pyrrole nitrogens is 1. The molecule has 1 aromatic heterocycles. The highest BCUT2D eigenvalue weighted by molar-refractivity contribution is 7.99. The van der Waals surface area contributed by atoms with E-state index >= 15 is 0 Å². The van der Waals surface area contributed by atoms with Crippen LogP contribution in [0.2, 0.25) is 0 Å². The molecule has 4 aromatic rings. The molecule has 0 atom stereocenters. The molecule has 0 amide bonds. The predicted molar refractivity (Wildman–Crippen MR) is 106 cm³/mol. The summed E-state index contributed by atoms with van der Waals surface area (Å²) in [6.07, 6.45) is 0. The molecule has 0 aliphatic heterocycles. The first-order valence-corrected chi connectivity index (χ1v) is 9.01. The van der Waals surface area contributed by atoms with Crippen molar-refractivity contribution in [3.05, 3.63) is 72.8 Å². The molecule has 0 saturated heterocycles. The van der Waals surface area contributed by atoms with Gasteiger partial charge in [-0.25, -0.2) is 4.98 Å². The summed E-state index contributed by atoms with van der Waals surface area (Å²) in [7, 11) is 4.09. The SMILES string of the molecule is CN(C)c1ccc(-c2nc3ccc(Sc4ccccc4)cc3[nH]2)cc1. The Labute approximate surface area is 151 Å². The van der Waals surface area contributed by atoms with Gasteiger partial charge in [-0.15, -0.1) is 0 Å². The minimum absolute atomic E-state index is 0.905. The molecule has 0 spiro atoms. The smallest absolute Gasteiger partial charge is 0.138 e. The normalized spacial score (nSPS) is 11.0. The van der Waals surface area contributed by atoms with Gasteiger partial charge in [-0.05, 0) is 54.6 Å². The fourth-order valence-electron chi connectivity index (χ4n) is 2.73. The molecule has 0 radical (unpaired) electrons. The first kappa shape index (κ1) is 15.8. The van der Waals surface area contributed by atoms with Crippen molar-refractivity contribution in [2.75, 3.05) is 19.0 Å². The standard InChI is InChI=1S/C21H19N3S/c1-24(2)16-10-8-15(9-11-16)21-22-19-13-12-18(14-20(19)23-21)25-17-6-4-3-5-7-17/h3-14H,1-2H3,(H,22,23). The van der Waals surface area contributed by atoms with Crippen LogP contribution in [0, 0.1) is 0 Å². The molecule has 0 unspecified atom stereocenters. The van der Waals surface area contributed by atoms with Gasteiger partial charge in [-0.2, -0.15) is 0 Å². The third-order valence-corrected chi connectivity index (χ3v) is 5.09. The number of hydrogen-bond donors (Lipinski definition) is 1. The van der Waals surface area contributed by atoms with Crippen LogP contribution in [-0.2, 0) is 0 Å². The van der Waals surface area contributed by atoms with Gasteiger partial charge in [0, 0.05) is 35.1 Å². The van der Waals surface area contributed by atoms with Gasteiger partial charge in [0.1, 0.15) is 5.82 Å². The summed E-state index contributed by atoms with van der Waals surface area (Å²) in [6.45, 7) is 0. The molecular weight excluding hydrogens is 326 g/mol. The van der Waals surface area contributed by atoms with Crippen LogP contribution in [0.3, 0.4) is 0 Å². The molecule has 1 N–H and O–H groups in total. The lowest BCUT2D eigenvalue weighted by Crippen LogP contribution is -2.07. The van der Waals surface area contributed by atoms with Crippen molar-refractivity contribution in [1.82, 2.24) is 9.97 Å². The second kappa shape index (κ2) is 6.65. The fraction of sp³-hybridized carbons (Fsp3) is 0.0952. The van der Waals surface area contributed by atoms with Gasteiger partial charge < -0.3 is 9.88 Å². The highest BCUT2D eigenvalue weighted by Crippen LogP contribution is 2.30. The zero-order valence-corrected chi connectivity index (χ0v) is 15.0. The lowest BCUT2D eigenvalue weighted by atomic mass is 10.2.